The molecule has 1 N–H and O–H groups in total. The number of aromatic nitrogens is 2. The van der Waals surface area contributed by atoms with Crippen molar-refractivity contribution in [2.45, 2.75) is 6.54 Å². The second-order valence-electron chi connectivity index (χ2n) is 4.31. The molecule has 6 heteroatoms. The quantitative estimate of drug-likeness (QED) is 0.698. The number of rotatable bonds is 3. The molecule has 0 spiro atoms. The molecule has 0 radical (unpaired) electrons. The lowest BCUT2D eigenvalue weighted by Crippen LogP contribution is -2.17. The summed E-state index contributed by atoms with van der Waals surface area (Å²) in [5, 5.41) is 6.89. The van der Waals surface area contributed by atoms with Gasteiger partial charge < -0.3 is 5.32 Å². The molecule has 1 saturated heterocycles. The normalized spacial score (nSPS) is 16.7. The van der Waals surface area contributed by atoms with Crippen molar-refractivity contribution in [3.8, 4) is 0 Å². The van der Waals surface area contributed by atoms with Crippen LogP contribution < -0.4 is 5.32 Å². The van der Waals surface area contributed by atoms with Crippen LogP contribution in [-0.2, 0) is 11.3 Å². The number of carbonyl (C=O) groups is 1. The van der Waals surface area contributed by atoms with Crippen LogP contribution in [0.15, 0.2) is 47.6 Å². The summed E-state index contributed by atoms with van der Waals surface area (Å²) in [6.07, 6.45) is 5.45. The predicted octanol–water partition coefficient (Wildman–Crippen LogP) is 2.42. The number of hydrogen-bond acceptors (Lipinski definition) is 4. The monoisotopic (exact) mass is 301 g/mol. The predicted molar refractivity (Wildman–Crippen MR) is 84.1 cm³/mol. The molecule has 1 aromatic carbocycles. The van der Waals surface area contributed by atoms with Gasteiger partial charge in [0.1, 0.15) is 4.32 Å². The van der Waals surface area contributed by atoms with E-state index in [-0.39, 0.29) is 5.91 Å². The van der Waals surface area contributed by atoms with Crippen molar-refractivity contribution in [3.05, 3.63) is 58.8 Å². The molecule has 0 unspecified atom stereocenters. The Labute approximate surface area is 125 Å². The Balaban J connectivity index is 1.76. The molecule has 0 atom stereocenters. The van der Waals surface area contributed by atoms with Crippen LogP contribution in [0.25, 0.3) is 6.08 Å². The van der Waals surface area contributed by atoms with E-state index in [1.54, 1.807) is 12.3 Å². The maximum atomic E-state index is 11.6. The van der Waals surface area contributed by atoms with Gasteiger partial charge in [0.05, 0.1) is 17.6 Å². The van der Waals surface area contributed by atoms with Crippen LogP contribution in [0.4, 0.5) is 0 Å². The highest BCUT2D eigenvalue weighted by molar-refractivity contribution is 8.26. The van der Waals surface area contributed by atoms with Crippen molar-refractivity contribution in [1.82, 2.24) is 15.1 Å². The smallest absolute Gasteiger partial charge is 0.263 e. The third kappa shape index (κ3) is 2.97. The first-order chi connectivity index (χ1) is 9.70. The third-order valence-corrected chi connectivity index (χ3v) is 3.94. The van der Waals surface area contributed by atoms with Gasteiger partial charge in [0.2, 0.25) is 0 Å². The van der Waals surface area contributed by atoms with E-state index in [1.165, 1.54) is 17.3 Å². The number of nitrogens with one attached hydrogen (secondary N) is 1. The fourth-order valence-corrected chi connectivity index (χ4v) is 2.93. The number of hydrogen-bond donors (Lipinski definition) is 1. The fourth-order valence-electron chi connectivity index (χ4n) is 1.88. The van der Waals surface area contributed by atoms with E-state index in [0.29, 0.717) is 15.8 Å². The zero-order chi connectivity index (χ0) is 13.9. The van der Waals surface area contributed by atoms with E-state index < -0.39 is 0 Å². The summed E-state index contributed by atoms with van der Waals surface area (Å²) < 4.78 is 2.34. The van der Waals surface area contributed by atoms with Crippen molar-refractivity contribution in [1.29, 1.82) is 0 Å². The zero-order valence-electron chi connectivity index (χ0n) is 10.4. The van der Waals surface area contributed by atoms with Gasteiger partial charge in [-0.25, -0.2) is 0 Å². The Morgan fingerprint density at radius 3 is 2.85 bits per heavy atom. The second-order valence-corrected chi connectivity index (χ2v) is 6.03. The minimum Gasteiger partial charge on any atom is -0.307 e. The lowest BCUT2D eigenvalue weighted by atomic mass is 10.2. The SMILES string of the molecule is O=C1NC(=S)S/C1=C\c1cnn(Cc2ccccc2)c1. The average Bonchev–Trinajstić information content (AvgIpc) is 2.98. The maximum absolute atomic E-state index is 11.6. The number of thioether (sulfide) groups is 1. The molecule has 2 aromatic rings. The largest absolute Gasteiger partial charge is 0.307 e. The summed E-state index contributed by atoms with van der Waals surface area (Å²) in [7, 11) is 0. The molecule has 0 aliphatic carbocycles. The molecule has 1 aliphatic heterocycles. The van der Waals surface area contributed by atoms with Crippen LogP contribution in [0.3, 0.4) is 0 Å². The van der Waals surface area contributed by atoms with Crippen LogP contribution >= 0.6 is 24.0 Å². The van der Waals surface area contributed by atoms with Gasteiger partial charge >= 0.3 is 0 Å². The standard InChI is InChI=1S/C14H11N3OS2/c18-13-12(20-14(19)16-13)6-11-7-15-17(9-11)8-10-4-2-1-3-5-10/h1-7,9H,8H2,(H,16,18,19)/b12-6-. The van der Waals surface area contributed by atoms with E-state index in [4.69, 9.17) is 12.2 Å². The Kier molecular flexibility index (Phi) is 3.66. The fraction of sp³-hybridized carbons (Fsp3) is 0.0714. The van der Waals surface area contributed by atoms with Crippen LogP contribution in [-0.4, -0.2) is 20.0 Å². The van der Waals surface area contributed by atoms with E-state index in [9.17, 15) is 4.79 Å². The summed E-state index contributed by atoms with van der Waals surface area (Å²) >= 11 is 6.23. The van der Waals surface area contributed by atoms with E-state index in [1.807, 2.05) is 29.1 Å². The van der Waals surface area contributed by atoms with Gasteiger partial charge in [-0.15, -0.1) is 0 Å². The summed E-state index contributed by atoms with van der Waals surface area (Å²) in [5.74, 6) is -0.143. The highest BCUT2D eigenvalue weighted by Gasteiger charge is 2.22. The van der Waals surface area contributed by atoms with Gasteiger partial charge in [-0.05, 0) is 11.6 Å². The van der Waals surface area contributed by atoms with Gasteiger partial charge in [0, 0.05) is 11.8 Å². The molecule has 4 nitrogen and oxygen atoms in total. The highest BCUT2D eigenvalue weighted by atomic mass is 32.2. The molecule has 100 valence electrons. The zero-order valence-corrected chi connectivity index (χ0v) is 12.1. The van der Waals surface area contributed by atoms with Gasteiger partial charge in [-0.2, -0.15) is 5.10 Å². The lowest BCUT2D eigenvalue weighted by molar-refractivity contribution is -0.115. The van der Waals surface area contributed by atoms with Crippen LogP contribution in [0.1, 0.15) is 11.1 Å². The molecule has 2 heterocycles. The summed E-state index contributed by atoms with van der Waals surface area (Å²) in [5.41, 5.74) is 2.08. The molecule has 1 aromatic heterocycles. The van der Waals surface area contributed by atoms with Gasteiger partial charge in [-0.3, -0.25) is 9.48 Å². The molecular formula is C14H11N3OS2. The van der Waals surface area contributed by atoms with Gasteiger partial charge in [0.25, 0.3) is 5.91 Å². The topological polar surface area (TPSA) is 46.9 Å². The van der Waals surface area contributed by atoms with E-state index in [2.05, 4.69) is 22.5 Å². The molecular weight excluding hydrogens is 290 g/mol. The van der Waals surface area contributed by atoms with Crippen molar-refractivity contribution in [2.75, 3.05) is 0 Å². The average molecular weight is 301 g/mol. The van der Waals surface area contributed by atoms with Crippen molar-refractivity contribution >= 4 is 40.3 Å². The maximum Gasteiger partial charge on any atom is 0.263 e. The lowest BCUT2D eigenvalue weighted by Gasteiger charge is -2.00. The summed E-state index contributed by atoms with van der Waals surface area (Å²) in [4.78, 5) is 12.2. The highest BCUT2D eigenvalue weighted by Crippen LogP contribution is 2.25. The minimum atomic E-state index is -0.143. The first-order valence-electron chi connectivity index (χ1n) is 6.02. The first kappa shape index (κ1) is 13.1. The van der Waals surface area contributed by atoms with E-state index >= 15 is 0 Å². The Morgan fingerprint density at radius 2 is 2.15 bits per heavy atom. The van der Waals surface area contributed by atoms with Gasteiger partial charge in [-0.1, -0.05) is 54.3 Å². The molecule has 1 aliphatic rings. The van der Waals surface area contributed by atoms with Crippen molar-refractivity contribution in [3.63, 3.8) is 0 Å². The van der Waals surface area contributed by atoms with Crippen LogP contribution in [0, 0.1) is 0 Å². The second kappa shape index (κ2) is 5.60. The van der Waals surface area contributed by atoms with Crippen molar-refractivity contribution < 1.29 is 4.79 Å². The molecule has 0 saturated carbocycles. The van der Waals surface area contributed by atoms with E-state index in [0.717, 1.165) is 5.56 Å². The van der Waals surface area contributed by atoms with Gasteiger partial charge in [0.15, 0.2) is 0 Å². The summed E-state index contributed by atoms with van der Waals surface area (Å²) in [6.45, 7) is 0.710. The Hall–Kier alpha value is -1.92. The molecule has 1 amide bonds. The first-order valence-corrected chi connectivity index (χ1v) is 7.24. The third-order valence-electron chi connectivity index (χ3n) is 2.78. The number of amides is 1. The molecule has 0 bridgehead atoms. The van der Waals surface area contributed by atoms with Crippen LogP contribution in [0.2, 0.25) is 0 Å². The minimum absolute atomic E-state index is 0.143. The number of benzene rings is 1. The molecule has 1 fully saturated rings. The number of nitrogens with zero attached hydrogens (tertiary/aromatic N) is 2. The summed E-state index contributed by atoms with van der Waals surface area (Å²) in [6, 6.07) is 10.1. The Bertz CT molecular complexity index is 691. The number of thiocarbonyl (C=S) groups is 1. The van der Waals surface area contributed by atoms with Crippen molar-refractivity contribution in [2.24, 2.45) is 0 Å². The Morgan fingerprint density at radius 1 is 1.35 bits per heavy atom. The molecule has 3 rings (SSSR count). The molecule has 20 heavy (non-hydrogen) atoms. The number of carbonyl (C=O) groups excluding carboxylic acids is 1. The van der Waals surface area contributed by atoms with Crippen LogP contribution in [0.5, 0.6) is 0 Å².